The van der Waals surface area contributed by atoms with Gasteiger partial charge in [-0.05, 0) is 43.2 Å². The molecule has 2 aliphatic rings. The number of rotatable bonds is 3. The smallest absolute Gasteiger partial charge is 0.254 e. The summed E-state index contributed by atoms with van der Waals surface area (Å²) in [5, 5.41) is 0. The number of fused-ring (bicyclic) bond motifs is 1. The molecule has 3 aromatic rings. The highest BCUT2D eigenvalue weighted by atomic mass is 16.2. The summed E-state index contributed by atoms with van der Waals surface area (Å²) in [6.45, 7) is 3.65. The molecular weight excluding hydrogens is 360 g/mol. The summed E-state index contributed by atoms with van der Waals surface area (Å²) in [6.07, 6.45) is 8.59. The lowest BCUT2D eigenvalue weighted by Gasteiger charge is -2.40. The molecule has 1 aromatic heterocycles. The Labute approximate surface area is 171 Å². The Morgan fingerprint density at radius 3 is 2.41 bits per heavy atom. The lowest BCUT2D eigenvalue weighted by atomic mass is 9.94. The van der Waals surface area contributed by atoms with E-state index in [2.05, 4.69) is 26.6 Å². The van der Waals surface area contributed by atoms with Crippen molar-refractivity contribution in [1.82, 2.24) is 19.4 Å². The number of amides is 1. The minimum absolute atomic E-state index is 0.129. The fraction of sp³-hybridized carbons (Fsp3) is 0.417. The zero-order valence-corrected chi connectivity index (χ0v) is 16.8. The minimum Gasteiger partial charge on any atom is -0.336 e. The Balaban J connectivity index is 1.29. The summed E-state index contributed by atoms with van der Waals surface area (Å²) in [6, 6.07) is 16.8. The molecule has 1 saturated carbocycles. The van der Waals surface area contributed by atoms with Gasteiger partial charge in [0.05, 0.1) is 11.0 Å². The van der Waals surface area contributed by atoms with E-state index in [0.717, 1.165) is 54.5 Å². The van der Waals surface area contributed by atoms with Crippen LogP contribution in [0.3, 0.4) is 0 Å². The van der Waals surface area contributed by atoms with Gasteiger partial charge in [-0.1, -0.05) is 37.5 Å². The van der Waals surface area contributed by atoms with Crippen LogP contribution in [0.1, 0.15) is 42.5 Å². The van der Waals surface area contributed by atoms with Crippen LogP contribution in [0, 0.1) is 0 Å². The van der Waals surface area contributed by atoms with Gasteiger partial charge in [0.1, 0.15) is 6.33 Å². The van der Waals surface area contributed by atoms with Gasteiger partial charge in [-0.2, -0.15) is 0 Å². The molecule has 2 aromatic carbocycles. The van der Waals surface area contributed by atoms with Gasteiger partial charge in [-0.15, -0.1) is 0 Å². The van der Waals surface area contributed by atoms with Gasteiger partial charge in [0, 0.05) is 43.5 Å². The zero-order valence-electron chi connectivity index (χ0n) is 16.8. The van der Waals surface area contributed by atoms with Crippen LogP contribution >= 0.6 is 0 Å². The van der Waals surface area contributed by atoms with Crippen LogP contribution in [0.4, 0.5) is 0 Å². The van der Waals surface area contributed by atoms with Crippen LogP contribution in [0.15, 0.2) is 54.9 Å². The predicted molar refractivity (Wildman–Crippen MR) is 115 cm³/mol. The number of piperazine rings is 1. The minimum atomic E-state index is 0.129. The molecule has 150 valence electrons. The molecule has 1 aliphatic carbocycles. The fourth-order valence-corrected chi connectivity index (χ4v) is 4.86. The van der Waals surface area contributed by atoms with Gasteiger partial charge < -0.3 is 4.90 Å². The highest BCUT2D eigenvalue weighted by Gasteiger charge is 2.27. The Kier molecular flexibility index (Phi) is 5.06. The van der Waals surface area contributed by atoms with E-state index in [1.807, 2.05) is 47.6 Å². The number of carbonyl (C=O) groups excluding carboxylic acids is 1. The zero-order chi connectivity index (χ0) is 19.6. The summed E-state index contributed by atoms with van der Waals surface area (Å²) in [5.41, 5.74) is 3.70. The van der Waals surface area contributed by atoms with Gasteiger partial charge in [0.2, 0.25) is 0 Å². The molecule has 0 radical (unpaired) electrons. The van der Waals surface area contributed by atoms with Crippen LogP contribution in [-0.2, 0) is 0 Å². The number of hydrogen-bond donors (Lipinski definition) is 0. The number of nitrogens with zero attached hydrogens (tertiary/aromatic N) is 4. The average molecular weight is 389 g/mol. The first kappa shape index (κ1) is 18.4. The van der Waals surface area contributed by atoms with Crippen molar-refractivity contribution in [3.8, 4) is 5.69 Å². The molecular formula is C24H28N4O. The van der Waals surface area contributed by atoms with E-state index in [-0.39, 0.29) is 5.91 Å². The van der Waals surface area contributed by atoms with Crippen LogP contribution in [0.2, 0.25) is 0 Å². The fourth-order valence-electron chi connectivity index (χ4n) is 4.86. The second-order valence-corrected chi connectivity index (χ2v) is 8.27. The molecule has 1 amide bonds. The maximum Gasteiger partial charge on any atom is 0.254 e. The van der Waals surface area contributed by atoms with Crippen molar-refractivity contribution in [3.63, 3.8) is 0 Å². The lowest BCUT2D eigenvalue weighted by molar-refractivity contribution is 0.0523. The van der Waals surface area contributed by atoms with Gasteiger partial charge in [0.25, 0.3) is 5.91 Å². The van der Waals surface area contributed by atoms with E-state index in [9.17, 15) is 4.79 Å². The van der Waals surface area contributed by atoms with Crippen molar-refractivity contribution in [2.75, 3.05) is 26.2 Å². The number of para-hydroxylation sites is 1. The number of hydrogen-bond acceptors (Lipinski definition) is 3. The molecule has 0 unspecified atom stereocenters. The molecule has 5 nitrogen and oxygen atoms in total. The summed E-state index contributed by atoms with van der Waals surface area (Å²) in [7, 11) is 0. The second kappa shape index (κ2) is 7.99. The number of carbonyl (C=O) groups is 1. The van der Waals surface area contributed by atoms with E-state index in [1.165, 1.54) is 32.1 Å². The number of aromatic nitrogens is 2. The first-order valence-electron chi connectivity index (χ1n) is 10.9. The third-order valence-corrected chi connectivity index (χ3v) is 6.52. The average Bonchev–Trinajstić information content (AvgIpc) is 3.23. The van der Waals surface area contributed by atoms with E-state index >= 15 is 0 Å². The summed E-state index contributed by atoms with van der Waals surface area (Å²) in [4.78, 5) is 22.2. The Morgan fingerprint density at radius 1 is 0.897 bits per heavy atom. The van der Waals surface area contributed by atoms with E-state index in [0.29, 0.717) is 0 Å². The SMILES string of the molecule is O=C(c1ccc2c(c1)ncn2-c1ccccc1)N1CCN(C2CCCCC2)CC1. The Morgan fingerprint density at radius 2 is 1.66 bits per heavy atom. The maximum absolute atomic E-state index is 13.1. The number of benzene rings is 2. The van der Waals surface area contributed by atoms with E-state index in [4.69, 9.17) is 0 Å². The van der Waals surface area contributed by atoms with Crippen LogP contribution in [0.25, 0.3) is 16.7 Å². The first-order chi connectivity index (χ1) is 14.3. The third kappa shape index (κ3) is 3.67. The van der Waals surface area contributed by atoms with Crippen LogP contribution in [0.5, 0.6) is 0 Å². The van der Waals surface area contributed by atoms with Crippen molar-refractivity contribution in [2.45, 2.75) is 38.1 Å². The molecule has 1 aliphatic heterocycles. The van der Waals surface area contributed by atoms with Crippen LogP contribution in [-0.4, -0.2) is 57.5 Å². The summed E-state index contributed by atoms with van der Waals surface area (Å²) in [5.74, 6) is 0.129. The van der Waals surface area contributed by atoms with Crippen molar-refractivity contribution in [2.24, 2.45) is 0 Å². The molecule has 0 bridgehead atoms. The van der Waals surface area contributed by atoms with Crippen molar-refractivity contribution in [1.29, 1.82) is 0 Å². The molecule has 2 fully saturated rings. The summed E-state index contributed by atoms with van der Waals surface area (Å²) >= 11 is 0. The van der Waals surface area contributed by atoms with Gasteiger partial charge in [-0.25, -0.2) is 4.98 Å². The first-order valence-corrected chi connectivity index (χ1v) is 10.9. The number of imidazole rings is 1. The third-order valence-electron chi connectivity index (χ3n) is 6.52. The van der Waals surface area contributed by atoms with Gasteiger partial charge in [-0.3, -0.25) is 14.3 Å². The van der Waals surface area contributed by atoms with Gasteiger partial charge >= 0.3 is 0 Å². The molecule has 2 heterocycles. The second-order valence-electron chi connectivity index (χ2n) is 8.27. The highest BCUT2D eigenvalue weighted by Crippen LogP contribution is 2.24. The van der Waals surface area contributed by atoms with Crippen molar-refractivity contribution in [3.05, 3.63) is 60.4 Å². The molecule has 0 atom stereocenters. The lowest BCUT2D eigenvalue weighted by Crippen LogP contribution is -2.52. The maximum atomic E-state index is 13.1. The van der Waals surface area contributed by atoms with Crippen molar-refractivity contribution >= 4 is 16.9 Å². The topological polar surface area (TPSA) is 41.4 Å². The molecule has 0 N–H and O–H groups in total. The predicted octanol–water partition coefficient (Wildman–Crippen LogP) is 4.12. The van der Waals surface area contributed by atoms with E-state index < -0.39 is 0 Å². The van der Waals surface area contributed by atoms with Gasteiger partial charge in [0.15, 0.2) is 0 Å². The molecule has 5 heteroatoms. The van der Waals surface area contributed by atoms with Crippen molar-refractivity contribution < 1.29 is 4.79 Å². The standard InChI is InChI=1S/C24H28N4O/c29-24(27-15-13-26(14-16-27)20-7-3-1-4-8-20)19-11-12-23-22(17-19)25-18-28(23)21-9-5-2-6-10-21/h2,5-6,9-12,17-18,20H,1,3-4,7-8,13-16H2. The highest BCUT2D eigenvalue weighted by molar-refractivity contribution is 5.97. The largest absolute Gasteiger partial charge is 0.336 e. The normalized spacial score (nSPS) is 19.0. The van der Waals surface area contributed by atoms with E-state index in [1.54, 1.807) is 0 Å². The molecule has 0 spiro atoms. The Bertz CT molecular complexity index is 983. The Hall–Kier alpha value is -2.66. The molecule has 5 rings (SSSR count). The van der Waals surface area contributed by atoms with Crippen LogP contribution < -0.4 is 0 Å². The summed E-state index contributed by atoms with van der Waals surface area (Å²) < 4.78 is 2.06. The molecule has 1 saturated heterocycles. The molecule has 29 heavy (non-hydrogen) atoms. The monoisotopic (exact) mass is 388 g/mol. The quantitative estimate of drug-likeness (QED) is 0.678.